The van der Waals surface area contributed by atoms with Gasteiger partial charge < -0.3 is 17.7 Å². The summed E-state index contributed by atoms with van der Waals surface area (Å²) < 4.78 is 34.2. The summed E-state index contributed by atoms with van der Waals surface area (Å²) >= 11 is 0. The van der Waals surface area contributed by atoms with Crippen LogP contribution in [0, 0.1) is 68.2 Å². The fraction of sp³-hybridized carbons (Fsp3) is 0.354. The number of hydrogen-bond acceptors (Lipinski definition) is 8. The van der Waals surface area contributed by atoms with Crippen LogP contribution < -0.4 is 18.3 Å². The lowest BCUT2D eigenvalue weighted by molar-refractivity contribution is -0.661. The van der Waals surface area contributed by atoms with Crippen molar-refractivity contribution in [3.63, 3.8) is 0 Å². The first-order valence-corrected chi connectivity index (χ1v) is 40.7. The van der Waals surface area contributed by atoms with Gasteiger partial charge in [-0.1, -0.05) is 115 Å². The summed E-state index contributed by atoms with van der Waals surface area (Å²) in [4.78, 5) is 18.1. The number of furan rings is 4. The molecule has 0 spiro atoms. The van der Waals surface area contributed by atoms with Gasteiger partial charge in [0.05, 0.1) is 22.3 Å². The molecule has 3 aliphatic rings. The summed E-state index contributed by atoms with van der Waals surface area (Å²) in [6, 6.07) is 43.5. The molecule has 4 aromatic carbocycles. The minimum absolute atomic E-state index is 0.499. The Labute approximate surface area is 653 Å². The SMILES string of the molecule is Cc1c[n+](C)c(-c2c(C)ccc3c2oc2ncccc23)cc1C1CCCC1.Cc1cc(-c2c(C)ccc3c2oc2ncccc23)[n+](C)cc1C1CCCC1.Cc1ccc2c(n1)oc1c(-c3cc(C4CCCC4)c(C)c[n+]3C)c(C)ccc12.Cc1ccc2c(n1)oc1c(-c3cc(CC(C)C)c(C(C)C)c[n+]3C)c(C)ccc12. The molecule has 0 unspecified atom stereocenters. The zero-order valence-corrected chi connectivity index (χ0v) is 68.3. The molecule has 0 bridgehead atoms. The fourth-order valence-electron chi connectivity index (χ4n) is 18.9. The third-order valence-corrected chi connectivity index (χ3v) is 24.6. The highest BCUT2D eigenvalue weighted by atomic mass is 16.4. The third-order valence-electron chi connectivity index (χ3n) is 24.6. The van der Waals surface area contributed by atoms with Gasteiger partial charge in [0.15, 0.2) is 47.1 Å². The molecule has 0 amide bonds. The number of pyridine rings is 8. The Bertz CT molecular complexity index is 6280. The average Bonchev–Trinajstić information content (AvgIpc) is 1.65. The van der Waals surface area contributed by atoms with Crippen molar-refractivity contribution in [1.82, 2.24) is 19.9 Å². The average molecular weight is 1470 g/mol. The van der Waals surface area contributed by atoms with Gasteiger partial charge in [0, 0.05) is 113 Å². The largest absolute Gasteiger partial charge is 0.437 e. The fourth-order valence-corrected chi connectivity index (χ4v) is 18.9. The number of rotatable bonds is 10. The van der Waals surface area contributed by atoms with Crippen LogP contribution in [-0.4, -0.2) is 19.9 Å². The number of aromatic nitrogens is 8. The molecule has 12 nitrogen and oxygen atoms in total. The molecule has 564 valence electrons. The van der Waals surface area contributed by atoms with Crippen molar-refractivity contribution in [1.29, 1.82) is 0 Å². The summed E-state index contributed by atoms with van der Waals surface area (Å²) in [6.07, 6.45) is 29.9. The number of benzene rings is 4. The second-order valence-electron chi connectivity index (χ2n) is 33.4. The third kappa shape index (κ3) is 14.1. The van der Waals surface area contributed by atoms with E-state index >= 15 is 0 Å². The van der Waals surface area contributed by atoms with E-state index in [4.69, 9.17) is 17.7 Å². The second-order valence-corrected chi connectivity index (χ2v) is 33.4. The van der Waals surface area contributed by atoms with Crippen LogP contribution in [0.3, 0.4) is 0 Å². The maximum absolute atomic E-state index is 6.33. The van der Waals surface area contributed by atoms with Crippen LogP contribution in [0.2, 0.25) is 0 Å². The van der Waals surface area contributed by atoms with Crippen molar-refractivity contribution < 1.29 is 35.9 Å². The van der Waals surface area contributed by atoms with Gasteiger partial charge in [-0.05, 0) is 230 Å². The number of nitrogens with zero attached hydrogens (tertiary/aromatic N) is 8. The predicted molar refractivity (Wildman–Crippen MR) is 451 cm³/mol. The van der Waals surface area contributed by atoms with E-state index in [-0.39, 0.29) is 0 Å². The van der Waals surface area contributed by atoms with Crippen molar-refractivity contribution >= 4 is 88.3 Å². The summed E-state index contributed by atoms with van der Waals surface area (Å²) in [5.74, 6) is 3.22. The molecule has 111 heavy (non-hydrogen) atoms. The monoisotopic (exact) mass is 1470 g/mol. The zero-order valence-electron chi connectivity index (χ0n) is 68.3. The molecule has 12 heteroatoms. The molecule has 0 atom stereocenters. The standard InChI is InChI=1S/C26H31N2O.C25H27N2O.2C24H25N2O/c1-15(2)12-19-13-23(28(7)14-22(19)16(3)4)24-17(5)8-10-20-21-11-9-18(6)27-26(21)29-25(20)24;1-15-9-11-19-20-12-10-17(3)26-25(20)28-24(19)23(15)22-13-21(16(2)14-27(22)4)18-7-5-6-8-18;1-15-10-11-18-19-9-6-12-25-24(19)27-23(18)22(15)21-13-20(16(2)14-26(21)3)17-7-4-5-8-17;1-15-10-11-18-19-9-6-12-25-24(19)27-23(18)22(15)21-13-16(2)20(14-26(21)3)17-7-4-5-8-17/h8-11,13-16H,12H2,1-7H3;9-14,18H,5-8H2,1-4H3;2*6,9-14,17H,4-5,7-8H2,1-3H3/q4*+1. The summed E-state index contributed by atoms with van der Waals surface area (Å²) in [5.41, 5.74) is 34.6. The van der Waals surface area contributed by atoms with Crippen LogP contribution in [0.4, 0.5) is 0 Å². The van der Waals surface area contributed by atoms with E-state index in [9.17, 15) is 0 Å². The molecule has 16 aromatic rings. The van der Waals surface area contributed by atoms with Gasteiger partial charge in [0.2, 0.25) is 45.6 Å². The van der Waals surface area contributed by atoms with Crippen LogP contribution in [0.15, 0.2) is 176 Å². The minimum Gasteiger partial charge on any atom is -0.437 e. The Morgan fingerprint density at radius 3 is 1.06 bits per heavy atom. The van der Waals surface area contributed by atoms with Gasteiger partial charge in [-0.2, -0.15) is 0 Å². The van der Waals surface area contributed by atoms with Crippen LogP contribution in [0.25, 0.3) is 133 Å². The highest BCUT2D eigenvalue weighted by Gasteiger charge is 2.32. The molecule has 12 aromatic heterocycles. The maximum Gasteiger partial charge on any atom is 0.227 e. The van der Waals surface area contributed by atoms with Crippen LogP contribution >= 0.6 is 0 Å². The molecule has 3 saturated carbocycles. The van der Waals surface area contributed by atoms with E-state index in [1.54, 1.807) is 12.4 Å². The van der Waals surface area contributed by atoms with E-state index < -0.39 is 0 Å². The molecule has 3 fully saturated rings. The maximum atomic E-state index is 6.33. The van der Waals surface area contributed by atoms with E-state index in [0.717, 1.165) is 101 Å². The van der Waals surface area contributed by atoms with E-state index in [1.165, 1.54) is 189 Å². The van der Waals surface area contributed by atoms with Crippen molar-refractivity contribution in [3.8, 4) is 45.0 Å². The quantitative estimate of drug-likeness (QED) is 0.124. The van der Waals surface area contributed by atoms with Crippen molar-refractivity contribution in [2.45, 2.75) is 197 Å². The van der Waals surface area contributed by atoms with Crippen molar-refractivity contribution in [3.05, 3.63) is 237 Å². The summed E-state index contributed by atoms with van der Waals surface area (Å²) in [7, 11) is 8.58. The van der Waals surface area contributed by atoms with Crippen LogP contribution in [0.1, 0.15) is 207 Å². The Balaban J connectivity index is 0.000000112. The molecular weight excluding hydrogens is 1370 g/mol. The lowest BCUT2D eigenvalue weighted by Gasteiger charge is -2.15. The normalized spacial score (nSPS) is 14.4. The lowest BCUT2D eigenvalue weighted by Crippen LogP contribution is -2.32. The number of aryl methyl sites for hydroxylation is 13. The molecule has 3 aliphatic carbocycles. The smallest absolute Gasteiger partial charge is 0.227 e. The number of fused-ring (bicyclic) bond motifs is 12. The predicted octanol–water partition coefficient (Wildman–Crippen LogP) is 24.0. The van der Waals surface area contributed by atoms with Crippen molar-refractivity contribution in [2.75, 3.05) is 0 Å². The number of hydrogen-bond donors (Lipinski definition) is 0. The Morgan fingerprint density at radius 1 is 0.342 bits per heavy atom. The topological polar surface area (TPSA) is 120 Å². The molecule has 0 saturated heterocycles. The molecular formula is C99H108N8O4+4. The van der Waals surface area contributed by atoms with Crippen LogP contribution in [0.5, 0.6) is 0 Å². The highest BCUT2D eigenvalue weighted by molar-refractivity contribution is 6.12. The Morgan fingerprint density at radius 2 is 0.676 bits per heavy atom. The van der Waals surface area contributed by atoms with Gasteiger partial charge in [-0.3, -0.25) is 0 Å². The van der Waals surface area contributed by atoms with Gasteiger partial charge in [0.25, 0.3) is 0 Å². The van der Waals surface area contributed by atoms with Gasteiger partial charge in [0.1, 0.15) is 28.2 Å². The van der Waals surface area contributed by atoms with Gasteiger partial charge in [-0.15, -0.1) is 0 Å². The van der Waals surface area contributed by atoms with E-state index in [2.05, 4.69) is 277 Å². The molecule has 0 aliphatic heterocycles. The molecule has 0 N–H and O–H groups in total. The molecule has 19 rings (SSSR count). The Kier molecular flexibility index (Phi) is 20.4. The highest BCUT2D eigenvalue weighted by Crippen LogP contribution is 2.45. The van der Waals surface area contributed by atoms with Gasteiger partial charge in [-0.25, -0.2) is 38.2 Å². The first-order chi connectivity index (χ1) is 53.5. The van der Waals surface area contributed by atoms with E-state index in [0.29, 0.717) is 35.1 Å². The first-order valence-electron chi connectivity index (χ1n) is 40.7. The zero-order chi connectivity index (χ0) is 77.4. The second kappa shape index (κ2) is 30.5. The summed E-state index contributed by atoms with van der Waals surface area (Å²) in [5, 5.41) is 8.88. The Hall–Kier alpha value is -10.7. The minimum atomic E-state index is 0.499. The lowest BCUT2D eigenvalue weighted by atomic mass is 9.91. The van der Waals surface area contributed by atoms with E-state index in [1.807, 2.05) is 26.0 Å². The van der Waals surface area contributed by atoms with Gasteiger partial charge >= 0.3 is 0 Å². The van der Waals surface area contributed by atoms with Crippen LogP contribution in [-0.2, 0) is 34.6 Å². The molecule has 0 radical (unpaired) electrons. The van der Waals surface area contributed by atoms with Crippen molar-refractivity contribution in [2.24, 2.45) is 34.1 Å². The molecule has 12 heterocycles. The summed E-state index contributed by atoms with van der Waals surface area (Å²) in [6.45, 7) is 28.6. The first kappa shape index (κ1) is 74.4.